The minimum Gasteiger partial charge on any atom is -0.454 e. The summed E-state index contributed by atoms with van der Waals surface area (Å²) in [7, 11) is 0. The van der Waals surface area contributed by atoms with Crippen molar-refractivity contribution < 1.29 is 27.4 Å². The lowest BCUT2D eigenvalue weighted by Gasteiger charge is -2.12. The van der Waals surface area contributed by atoms with Crippen molar-refractivity contribution in [1.29, 1.82) is 0 Å². The standard InChI is InChI=1S/C10H6F3NO3/c11-10(12,13)7-1-2-8-9(17-5-16-8)6(7)3-14-4-15/h1-2H,3,5H2. The zero-order valence-electron chi connectivity index (χ0n) is 8.37. The van der Waals surface area contributed by atoms with Crippen molar-refractivity contribution in [1.82, 2.24) is 0 Å². The first-order valence-electron chi connectivity index (χ1n) is 4.56. The van der Waals surface area contributed by atoms with E-state index < -0.39 is 18.3 Å². The van der Waals surface area contributed by atoms with E-state index in [0.29, 0.717) is 0 Å². The molecule has 2 rings (SSSR count). The van der Waals surface area contributed by atoms with Crippen molar-refractivity contribution in [2.75, 3.05) is 6.79 Å². The fourth-order valence-corrected chi connectivity index (χ4v) is 1.56. The van der Waals surface area contributed by atoms with Gasteiger partial charge in [-0.1, -0.05) is 0 Å². The van der Waals surface area contributed by atoms with E-state index in [0.717, 1.165) is 6.07 Å². The van der Waals surface area contributed by atoms with Gasteiger partial charge in [-0.3, -0.25) is 0 Å². The van der Waals surface area contributed by atoms with E-state index in [2.05, 4.69) is 4.99 Å². The molecule has 90 valence electrons. The van der Waals surface area contributed by atoms with Crippen LogP contribution in [-0.4, -0.2) is 12.9 Å². The van der Waals surface area contributed by atoms with E-state index in [4.69, 9.17) is 9.47 Å². The molecule has 0 atom stereocenters. The molecule has 1 aromatic rings. The first kappa shape index (κ1) is 11.5. The maximum absolute atomic E-state index is 12.7. The number of ether oxygens (including phenoxy) is 2. The Balaban J connectivity index is 2.56. The van der Waals surface area contributed by atoms with E-state index in [9.17, 15) is 18.0 Å². The number of benzene rings is 1. The van der Waals surface area contributed by atoms with Crippen LogP contribution in [0.25, 0.3) is 0 Å². The third kappa shape index (κ3) is 2.09. The highest BCUT2D eigenvalue weighted by Crippen LogP contribution is 2.43. The fourth-order valence-electron chi connectivity index (χ4n) is 1.56. The Morgan fingerprint density at radius 2 is 2.12 bits per heavy atom. The number of carbonyl (C=O) groups excluding carboxylic acids is 1. The molecule has 1 aliphatic rings. The number of isocyanates is 1. The predicted molar refractivity (Wildman–Crippen MR) is 49.4 cm³/mol. The van der Waals surface area contributed by atoms with E-state index in [1.54, 1.807) is 0 Å². The Morgan fingerprint density at radius 1 is 1.35 bits per heavy atom. The van der Waals surface area contributed by atoms with Crippen LogP contribution in [0.3, 0.4) is 0 Å². The molecule has 1 heterocycles. The number of hydrogen-bond donors (Lipinski definition) is 0. The summed E-state index contributed by atoms with van der Waals surface area (Å²) < 4.78 is 48.0. The number of fused-ring (bicyclic) bond motifs is 1. The van der Waals surface area contributed by atoms with Gasteiger partial charge in [0.25, 0.3) is 0 Å². The molecule has 0 aromatic heterocycles. The Bertz CT molecular complexity index is 492. The molecular formula is C10H6F3NO3. The van der Waals surface area contributed by atoms with Crippen molar-refractivity contribution in [2.45, 2.75) is 12.7 Å². The van der Waals surface area contributed by atoms with Crippen molar-refractivity contribution >= 4 is 6.08 Å². The predicted octanol–water partition coefficient (Wildman–Crippen LogP) is 2.27. The molecule has 0 aliphatic carbocycles. The van der Waals surface area contributed by atoms with Crippen LogP contribution < -0.4 is 9.47 Å². The summed E-state index contributed by atoms with van der Waals surface area (Å²) in [5.41, 5.74) is -1.10. The minimum absolute atomic E-state index is 0.0150. The van der Waals surface area contributed by atoms with Gasteiger partial charge < -0.3 is 9.47 Å². The summed E-state index contributed by atoms with van der Waals surface area (Å²) in [6.45, 7) is -0.584. The summed E-state index contributed by atoms with van der Waals surface area (Å²) in [6, 6.07) is 2.06. The van der Waals surface area contributed by atoms with Crippen LogP contribution in [0.1, 0.15) is 11.1 Å². The monoisotopic (exact) mass is 245 g/mol. The average Bonchev–Trinajstić information content (AvgIpc) is 2.72. The van der Waals surface area contributed by atoms with Gasteiger partial charge in [0.2, 0.25) is 12.9 Å². The maximum Gasteiger partial charge on any atom is 0.416 e. The normalized spacial score (nSPS) is 13.4. The molecule has 1 aromatic carbocycles. The Labute approximate surface area is 93.7 Å². The molecule has 0 spiro atoms. The second-order valence-electron chi connectivity index (χ2n) is 3.23. The Morgan fingerprint density at radius 3 is 2.76 bits per heavy atom. The largest absolute Gasteiger partial charge is 0.454 e. The molecule has 0 amide bonds. The molecule has 0 unspecified atom stereocenters. The van der Waals surface area contributed by atoms with Crippen LogP contribution in [-0.2, 0) is 17.5 Å². The van der Waals surface area contributed by atoms with Crippen LogP contribution in [0.4, 0.5) is 13.2 Å². The summed E-state index contributed by atoms with van der Waals surface area (Å²) in [4.78, 5) is 13.1. The quantitative estimate of drug-likeness (QED) is 0.593. The molecule has 4 nitrogen and oxygen atoms in total. The summed E-state index contributed by atoms with van der Waals surface area (Å²) in [5.74, 6) is 0.202. The van der Waals surface area contributed by atoms with Crippen LogP contribution in [0.5, 0.6) is 11.5 Å². The minimum atomic E-state index is -4.53. The van der Waals surface area contributed by atoms with E-state index in [-0.39, 0.29) is 23.9 Å². The number of nitrogens with zero attached hydrogens (tertiary/aromatic N) is 1. The highest BCUT2D eigenvalue weighted by Gasteiger charge is 2.36. The molecular weight excluding hydrogens is 239 g/mol. The molecule has 7 heteroatoms. The lowest BCUT2D eigenvalue weighted by molar-refractivity contribution is -0.138. The van der Waals surface area contributed by atoms with Crippen molar-refractivity contribution in [2.24, 2.45) is 4.99 Å². The fraction of sp³-hybridized carbons (Fsp3) is 0.300. The molecule has 1 aliphatic heterocycles. The van der Waals surface area contributed by atoms with Crippen molar-refractivity contribution in [3.8, 4) is 11.5 Å². The van der Waals surface area contributed by atoms with Crippen LogP contribution in [0.2, 0.25) is 0 Å². The molecule has 0 saturated carbocycles. The van der Waals surface area contributed by atoms with Crippen molar-refractivity contribution in [3.05, 3.63) is 23.3 Å². The molecule has 0 saturated heterocycles. The van der Waals surface area contributed by atoms with Gasteiger partial charge in [0.1, 0.15) is 0 Å². The molecule has 0 radical (unpaired) electrons. The van der Waals surface area contributed by atoms with Gasteiger partial charge in [0.15, 0.2) is 11.5 Å². The second-order valence-corrected chi connectivity index (χ2v) is 3.23. The number of rotatable bonds is 2. The number of hydrogen-bond acceptors (Lipinski definition) is 4. The van der Waals surface area contributed by atoms with Crippen LogP contribution in [0.15, 0.2) is 17.1 Å². The van der Waals surface area contributed by atoms with E-state index >= 15 is 0 Å². The Kier molecular flexibility index (Phi) is 2.77. The lowest BCUT2D eigenvalue weighted by Crippen LogP contribution is -2.09. The van der Waals surface area contributed by atoms with Gasteiger partial charge in [-0.15, -0.1) is 0 Å². The van der Waals surface area contributed by atoms with Gasteiger partial charge in [-0.25, -0.2) is 9.79 Å². The van der Waals surface area contributed by atoms with Gasteiger partial charge >= 0.3 is 6.18 Å². The van der Waals surface area contributed by atoms with Gasteiger partial charge in [0, 0.05) is 5.56 Å². The third-order valence-corrected chi connectivity index (χ3v) is 2.25. The number of halogens is 3. The molecule has 0 bridgehead atoms. The molecule has 0 N–H and O–H groups in total. The highest BCUT2D eigenvalue weighted by atomic mass is 19.4. The van der Waals surface area contributed by atoms with Gasteiger partial charge in [-0.05, 0) is 12.1 Å². The zero-order chi connectivity index (χ0) is 12.5. The highest BCUT2D eigenvalue weighted by molar-refractivity contribution is 5.53. The Hall–Kier alpha value is -2.01. The number of aliphatic imine (C=N–C) groups is 1. The van der Waals surface area contributed by atoms with Gasteiger partial charge in [-0.2, -0.15) is 13.2 Å². The summed E-state index contributed by atoms with van der Waals surface area (Å²) in [5, 5.41) is 0. The first-order valence-corrected chi connectivity index (χ1v) is 4.56. The average molecular weight is 245 g/mol. The van der Waals surface area contributed by atoms with Crippen LogP contribution >= 0.6 is 0 Å². The summed E-state index contributed by atoms with van der Waals surface area (Å²) in [6.07, 6.45) is -3.34. The van der Waals surface area contributed by atoms with E-state index in [1.165, 1.54) is 12.1 Å². The van der Waals surface area contributed by atoms with Crippen LogP contribution in [0, 0.1) is 0 Å². The first-order chi connectivity index (χ1) is 8.04. The molecule has 17 heavy (non-hydrogen) atoms. The summed E-state index contributed by atoms with van der Waals surface area (Å²) >= 11 is 0. The third-order valence-electron chi connectivity index (χ3n) is 2.25. The smallest absolute Gasteiger partial charge is 0.416 e. The van der Waals surface area contributed by atoms with Crippen molar-refractivity contribution in [3.63, 3.8) is 0 Å². The number of alkyl halides is 3. The SMILES string of the molecule is O=C=NCc1c(C(F)(F)F)ccc2c1OCO2. The lowest BCUT2D eigenvalue weighted by atomic mass is 10.1. The topological polar surface area (TPSA) is 47.9 Å². The van der Waals surface area contributed by atoms with E-state index in [1.807, 2.05) is 0 Å². The molecule has 0 fully saturated rings. The second kappa shape index (κ2) is 4.10. The van der Waals surface area contributed by atoms with Gasteiger partial charge in [0.05, 0.1) is 12.1 Å². The maximum atomic E-state index is 12.7. The zero-order valence-corrected chi connectivity index (χ0v) is 8.37.